The number of halogens is 1. The number of carbonyl (C=O) groups is 3. The molecule has 0 radical (unpaired) electrons. The Balaban J connectivity index is 1.33. The molecule has 0 saturated carbocycles. The second-order valence-corrected chi connectivity index (χ2v) is 8.76. The zero-order chi connectivity index (χ0) is 20.4. The Kier molecular flexibility index (Phi) is 6.20. The minimum absolute atomic E-state index is 0.0328. The molecule has 0 bridgehead atoms. The number of benzene rings is 1. The highest BCUT2D eigenvalue weighted by Crippen LogP contribution is 2.30. The molecule has 3 amide bonds. The highest BCUT2D eigenvalue weighted by Gasteiger charge is 2.41. The number of amides is 3. The van der Waals surface area contributed by atoms with Gasteiger partial charge < -0.3 is 19.4 Å². The number of anilines is 1. The van der Waals surface area contributed by atoms with Crippen LogP contribution in [0.3, 0.4) is 0 Å². The third-order valence-corrected chi connectivity index (χ3v) is 6.60. The van der Waals surface area contributed by atoms with E-state index in [4.69, 9.17) is 4.74 Å². The number of nitrogens with zero attached hydrogens (tertiary/aromatic N) is 3. The van der Waals surface area contributed by atoms with Crippen LogP contribution in [0.25, 0.3) is 0 Å². The summed E-state index contributed by atoms with van der Waals surface area (Å²) < 4.78 is 6.22. The van der Waals surface area contributed by atoms with E-state index in [9.17, 15) is 14.4 Å². The number of hydrogen-bond donors (Lipinski definition) is 0. The Labute approximate surface area is 179 Å². The van der Waals surface area contributed by atoms with Gasteiger partial charge in [-0.2, -0.15) is 0 Å². The predicted molar refractivity (Wildman–Crippen MR) is 111 cm³/mol. The summed E-state index contributed by atoms with van der Waals surface area (Å²) in [5.41, 5.74) is 0.814. The van der Waals surface area contributed by atoms with Gasteiger partial charge in [-0.1, -0.05) is 22.0 Å². The molecule has 3 aliphatic heterocycles. The Morgan fingerprint density at radius 3 is 2.31 bits per heavy atom. The van der Waals surface area contributed by atoms with Crippen molar-refractivity contribution in [2.24, 2.45) is 11.8 Å². The Hall–Kier alpha value is -1.93. The first-order chi connectivity index (χ1) is 14.0. The zero-order valence-electron chi connectivity index (χ0n) is 16.4. The molecular weight excluding hydrogens is 438 g/mol. The van der Waals surface area contributed by atoms with E-state index in [0.29, 0.717) is 65.2 Å². The molecule has 4 rings (SSSR count). The van der Waals surface area contributed by atoms with E-state index in [2.05, 4.69) is 15.9 Å². The molecule has 3 fully saturated rings. The van der Waals surface area contributed by atoms with Gasteiger partial charge in [0.25, 0.3) is 0 Å². The number of hydrogen-bond acceptors (Lipinski definition) is 4. The fourth-order valence-corrected chi connectivity index (χ4v) is 4.81. The minimum atomic E-state index is -0.611. The number of rotatable bonds is 3. The first-order valence-electron chi connectivity index (χ1n) is 10.3. The quantitative estimate of drug-likeness (QED) is 0.641. The first kappa shape index (κ1) is 20.3. The minimum Gasteiger partial charge on any atom is -0.378 e. The lowest BCUT2D eigenvalue weighted by atomic mass is 9.94. The molecule has 0 aromatic heterocycles. The highest BCUT2D eigenvalue weighted by molar-refractivity contribution is 9.10. The van der Waals surface area contributed by atoms with E-state index >= 15 is 0 Å². The maximum Gasteiger partial charge on any atom is 0.239 e. The van der Waals surface area contributed by atoms with Gasteiger partial charge in [-0.3, -0.25) is 14.4 Å². The second kappa shape index (κ2) is 8.83. The number of ether oxygens (including phenoxy) is 1. The topological polar surface area (TPSA) is 70.2 Å². The standard InChI is InChI=1S/C21H26BrN3O4/c22-16-2-1-3-17(14-16)25-9-6-18(21(25)28)20(27)23-7-4-15(5-8-23)19(26)24-10-12-29-13-11-24/h1-3,14-15,18H,4-13H2. The lowest BCUT2D eigenvalue weighted by Crippen LogP contribution is -2.49. The molecule has 3 saturated heterocycles. The third-order valence-electron chi connectivity index (χ3n) is 6.10. The van der Waals surface area contributed by atoms with Gasteiger partial charge >= 0.3 is 0 Å². The lowest BCUT2D eigenvalue weighted by molar-refractivity contribution is -0.146. The normalized spacial score (nSPS) is 23.6. The van der Waals surface area contributed by atoms with Crippen molar-refractivity contribution in [3.63, 3.8) is 0 Å². The van der Waals surface area contributed by atoms with Crippen LogP contribution in [0, 0.1) is 11.8 Å². The van der Waals surface area contributed by atoms with Crippen LogP contribution in [0.5, 0.6) is 0 Å². The van der Waals surface area contributed by atoms with E-state index in [1.165, 1.54) is 0 Å². The van der Waals surface area contributed by atoms with Gasteiger partial charge in [0.05, 0.1) is 13.2 Å². The first-order valence-corrected chi connectivity index (χ1v) is 11.1. The summed E-state index contributed by atoms with van der Waals surface area (Å²) in [6.07, 6.45) is 1.87. The summed E-state index contributed by atoms with van der Waals surface area (Å²) in [7, 11) is 0. The van der Waals surface area contributed by atoms with E-state index in [0.717, 1.165) is 10.2 Å². The fourth-order valence-electron chi connectivity index (χ4n) is 4.42. The van der Waals surface area contributed by atoms with Gasteiger partial charge in [0, 0.05) is 48.8 Å². The Morgan fingerprint density at radius 1 is 0.931 bits per heavy atom. The summed E-state index contributed by atoms with van der Waals surface area (Å²) in [4.78, 5) is 43.9. The molecule has 7 nitrogen and oxygen atoms in total. The van der Waals surface area contributed by atoms with Crippen molar-refractivity contribution in [1.29, 1.82) is 0 Å². The second-order valence-electron chi connectivity index (χ2n) is 7.85. The van der Waals surface area contributed by atoms with Crippen molar-refractivity contribution in [3.05, 3.63) is 28.7 Å². The van der Waals surface area contributed by atoms with E-state index < -0.39 is 5.92 Å². The van der Waals surface area contributed by atoms with Gasteiger partial charge in [0.15, 0.2) is 0 Å². The van der Waals surface area contributed by atoms with Crippen molar-refractivity contribution in [2.45, 2.75) is 19.3 Å². The monoisotopic (exact) mass is 463 g/mol. The maximum absolute atomic E-state index is 13.0. The number of piperidine rings is 1. The average Bonchev–Trinajstić information content (AvgIpc) is 3.15. The van der Waals surface area contributed by atoms with E-state index in [1.54, 1.807) is 9.80 Å². The third kappa shape index (κ3) is 4.33. The number of carbonyl (C=O) groups excluding carboxylic acids is 3. The predicted octanol–water partition coefficient (Wildman–Crippen LogP) is 1.90. The van der Waals surface area contributed by atoms with Gasteiger partial charge in [-0.15, -0.1) is 0 Å². The van der Waals surface area contributed by atoms with Crippen LogP contribution in [0.1, 0.15) is 19.3 Å². The van der Waals surface area contributed by atoms with Crippen LogP contribution in [-0.2, 0) is 19.1 Å². The maximum atomic E-state index is 13.0. The fraction of sp³-hybridized carbons (Fsp3) is 0.571. The molecule has 3 heterocycles. The summed E-state index contributed by atoms with van der Waals surface area (Å²) in [6.45, 7) is 4.14. The summed E-state index contributed by atoms with van der Waals surface area (Å²) in [5, 5.41) is 0. The molecule has 1 aromatic rings. The van der Waals surface area contributed by atoms with Crippen LogP contribution in [0.2, 0.25) is 0 Å². The summed E-state index contributed by atoms with van der Waals surface area (Å²) in [6, 6.07) is 7.58. The van der Waals surface area contributed by atoms with Crippen LogP contribution >= 0.6 is 15.9 Å². The van der Waals surface area contributed by atoms with E-state index in [-0.39, 0.29) is 23.6 Å². The van der Waals surface area contributed by atoms with Crippen molar-refractivity contribution in [2.75, 3.05) is 50.8 Å². The molecule has 0 aliphatic carbocycles. The Bertz CT molecular complexity index is 788. The lowest BCUT2D eigenvalue weighted by Gasteiger charge is -2.36. The molecule has 0 N–H and O–H groups in total. The SMILES string of the molecule is O=C(C1CCN(C(=O)C2CCN(c3cccc(Br)c3)C2=O)CC1)N1CCOCC1. The molecule has 29 heavy (non-hydrogen) atoms. The molecule has 0 spiro atoms. The zero-order valence-corrected chi connectivity index (χ0v) is 18.0. The van der Waals surface area contributed by atoms with Gasteiger partial charge in [0.2, 0.25) is 17.7 Å². The van der Waals surface area contributed by atoms with Crippen molar-refractivity contribution >= 4 is 39.3 Å². The van der Waals surface area contributed by atoms with Gasteiger partial charge in [0.1, 0.15) is 5.92 Å². The molecule has 8 heteroatoms. The number of morpholine rings is 1. The molecule has 1 atom stereocenters. The van der Waals surface area contributed by atoms with Gasteiger partial charge in [-0.25, -0.2) is 0 Å². The van der Waals surface area contributed by atoms with Crippen molar-refractivity contribution in [3.8, 4) is 0 Å². The van der Waals surface area contributed by atoms with Crippen molar-refractivity contribution in [1.82, 2.24) is 9.80 Å². The molecule has 1 unspecified atom stereocenters. The molecule has 1 aromatic carbocycles. The van der Waals surface area contributed by atoms with Crippen LogP contribution < -0.4 is 4.90 Å². The molecule has 3 aliphatic rings. The van der Waals surface area contributed by atoms with Crippen LogP contribution in [0.15, 0.2) is 28.7 Å². The smallest absolute Gasteiger partial charge is 0.239 e. The number of likely N-dealkylation sites (tertiary alicyclic amines) is 1. The van der Waals surface area contributed by atoms with E-state index in [1.807, 2.05) is 29.2 Å². The highest BCUT2D eigenvalue weighted by atomic mass is 79.9. The van der Waals surface area contributed by atoms with Crippen molar-refractivity contribution < 1.29 is 19.1 Å². The van der Waals surface area contributed by atoms with Crippen LogP contribution in [0.4, 0.5) is 5.69 Å². The molecule has 156 valence electrons. The Morgan fingerprint density at radius 2 is 1.62 bits per heavy atom. The van der Waals surface area contributed by atoms with Crippen LogP contribution in [-0.4, -0.2) is 73.5 Å². The summed E-state index contributed by atoms with van der Waals surface area (Å²) >= 11 is 3.43. The van der Waals surface area contributed by atoms with Gasteiger partial charge in [-0.05, 0) is 37.5 Å². The summed E-state index contributed by atoms with van der Waals surface area (Å²) in [5.74, 6) is -0.683. The average molecular weight is 464 g/mol. The largest absolute Gasteiger partial charge is 0.378 e. The molecular formula is C21H26BrN3O4.